The van der Waals surface area contributed by atoms with Crippen molar-refractivity contribution in [2.75, 3.05) is 0 Å². The Morgan fingerprint density at radius 1 is 1.19 bits per heavy atom. The smallest absolute Gasteiger partial charge is 0.225 e. The fourth-order valence-electron chi connectivity index (χ4n) is 2.68. The number of carbonyl (C=O) groups is 1. The quantitative estimate of drug-likeness (QED) is 0.703. The molecule has 0 saturated carbocycles. The Kier molecular flexibility index (Phi) is 5.59. The number of benzene rings is 2. The van der Waals surface area contributed by atoms with Crippen molar-refractivity contribution >= 4 is 29.1 Å². The Morgan fingerprint density at radius 2 is 1.85 bits per heavy atom. The third-order valence-corrected chi connectivity index (χ3v) is 4.73. The molecule has 1 aromatic heterocycles. The van der Waals surface area contributed by atoms with Crippen LogP contribution in [0.15, 0.2) is 54.9 Å². The van der Waals surface area contributed by atoms with Crippen molar-refractivity contribution in [3.8, 4) is 0 Å². The summed E-state index contributed by atoms with van der Waals surface area (Å²) in [6, 6.07) is 10.5. The van der Waals surface area contributed by atoms with Crippen LogP contribution in [0.2, 0.25) is 10.0 Å². The summed E-state index contributed by atoms with van der Waals surface area (Å²) < 4.78 is 15.1. The topological polar surface area (TPSA) is 46.9 Å². The maximum Gasteiger partial charge on any atom is 0.225 e. The van der Waals surface area contributed by atoms with E-state index in [1.54, 1.807) is 47.3 Å². The van der Waals surface area contributed by atoms with Crippen LogP contribution in [-0.2, 0) is 18.3 Å². The zero-order chi connectivity index (χ0) is 18.7. The highest BCUT2D eigenvalue weighted by atomic mass is 35.5. The molecule has 26 heavy (non-hydrogen) atoms. The third kappa shape index (κ3) is 4.06. The van der Waals surface area contributed by atoms with Gasteiger partial charge in [0.1, 0.15) is 17.7 Å². The second-order valence-corrected chi connectivity index (χ2v) is 6.64. The Labute approximate surface area is 160 Å². The van der Waals surface area contributed by atoms with E-state index in [4.69, 9.17) is 23.2 Å². The minimum atomic E-state index is -0.524. The molecule has 3 aromatic rings. The number of halogens is 3. The number of nitrogens with one attached hydrogen (secondary N) is 1. The van der Waals surface area contributed by atoms with E-state index in [1.807, 2.05) is 7.05 Å². The Bertz CT molecular complexity index is 905. The molecule has 0 aliphatic rings. The van der Waals surface area contributed by atoms with Crippen molar-refractivity contribution in [2.45, 2.75) is 12.5 Å². The second-order valence-electron chi connectivity index (χ2n) is 5.83. The van der Waals surface area contributed by atoms with Crippen LogP contribution in [0.3, 0.4) is 0 Å². The second kappa shape index (κ2) is 7.89. The number of rotatable bonds is 5. The van der Waals surface area contributed by atoms with Crippen LogP contribution in [0.25, 0.3) is 0 Å². The molecule has 0 aliphatic carbocycles. The van der Waals surface area contributed by atoms with Gasteiger partial charge >= 0.3 is 0 Å². The normalized spacial score (nSPS) is 12.0. The molecule has 0 saturated heterocycles. The molecule has 0 bridgehead atoms. The first-order valence-corrected chi connectivity index (χ1v) is 8.66. The fourth-order valence-corrected chi connectivity index (χ4v) is 3.21. The van der Waals surface area contributed by atoms with Gasteiger partial charge in [-0.2, -0.15) is 0 Å². The minimum Gasteiger partial charge on any atom is -0.342 e. The van der Waals surface area contributed by atoms with Gasteiger partial charge in [-0.25, -0.2) is 9.37 Å². The number of nitrogens with zero attached hydrogens (tertiary/aromatic N) is 2. The van der Waals surface area contributed by atoms with Crippen LogP contribution < -0.4 is 5.32 Å². The molecule has 0 radical (unpaired) electrons. The predicted molar refractivity (Wildman–Crippen MR) is 99.8 cm³/mol. The van der Waals surface area contributed by atoms with E-state index in [0.717, 1.165) is 5.56 Å². The first-order valence-electron chi connectivity index (χ1n) is 7.90. The van der Waals surface area contributed by atoms with Crippen molar-refractivity contribution in [3.63, 3.8) is 0 Å². The molecular formula is C19H16Cl2FN3O. The number of carbonyl (C=O) groups excluding carboxylic acids is 1. The van der Waals surface area contributed by atoms with Gasteiger partial charge in [0.05, 0.1) is 6.42 Å². The number of imidazole rings is 1. The lowest BCUT2D eigenvalue weighted by Crippen LogP contribution is -2.32. The van der Waals surface area contributed by atoms with Crippen molar-refractivity contribution < 1.29 is 9.18 Å². The molecular weight excluding hydrogens is 376 g/mol. The zero-order valence-corrected chi connectivity index (χ0v) is 15.4. The van der Waals surface area contributed by atoms with Crippen molar-refractivity contribution in [2.24, 2.45) is 7.05 Å². The van der Waals surface area contributed by atoms with Crippen molar-refractivity contribution in [1.29, 1.82) is 0 Å². The van der Waals surface area contributed by atoms with Crippen molar-refractivity contribution in [1.82, 2.24) is 14.9 Å². The van der Waals surface area contributed by atoms with E-state index in [2.05, 4.69) is 10.3 Å². The number of aryl methyl sites for hydroxylation is 1. The fraction of sp³-hybridized carbons (Fsp3) is 0.158. The number of hydrogen-bond donors (Lipinski definition) is 1. The van der Waals surface area contributed by atoms with E-state index in [1.165, 1.54) is 12.1 Å². The number of hydrogen-bond acceptors (Lipinski definition) is 2. The average Bonchev–Trinajstić information content (AvgIpc) is 3.03. The van der Waals surface area contributed by atoms with Crippen LogP contribution in [0.1, 0.15) is 23.0 Å². The molecule has 134 valence electrons. The molecule has 0 spiro atoms. The first-order chi connectivity index (χ1) is 12.5. The molecule has 1 heterocycles. The van der Waals surface area contributed by atoms with E-state index < -0.39 is 6.04 Å². The Hall–Kier alpha value is -2.37. The average molecular weight is 392 g/mol. The van der Waals surface area contributed by atoms with Gasteiger partial charge in [0, 0.05) is 29.5 Å². The van der Waals surface area contributed by atoms with Crippen LogP contribution >= 0.6 is 23.2 Å². The summed E-state index contributed by atoms with van der Waals surface area (Å²) in [6.07, 6.45) is 3.45. The van der Waals surface area contributed by atoms with Gasteiger partial charge in [-0.15, -0.1) is 0 Å². The monoisotopic (exact) mass is 391 g/mol. The summed E-state index contributed by atoms with van der Waals surface area (Å²) in [6.45, 7) is 0. The highest BCUT2D eigenvalue weighted by molar-refractivity contribution is 6.36. The zero-order valence-electron chi connectivity index (χ0n) is 13.9. The molecule has 0 fully saturated rings. The third-order valence-electron chi connectivity index (χ3n) is 4.02. The molecule has 1 unspecified atom stereocenters. The summed E-state index contributed by atoms with van der Waals surface area (Å²) in [5, 5.41) is 3.80. The van der Waals surface area contributed by atoms with Crippen LogP contribution in [0.4, 0.5) is 4.39 Å². The summed E-state index contributed by atoms with van der Waals surface area (Å²) in [7, 11) is 1.83. The first kappa shape index (κ1) is 18.4. The lowest BCUT2D eigenvalue weighted by atomic mass is 10.0. The lowest BCUT2D eigenvalue weighted by molar-refractivity contribution is -0.121. The predicted octanol–water partition coefficient (Wildman–Crippen LogP) is 4.31. The highest BCUT2D eigenvalue weighted by Crippen LogP contribution is 2.26. The maximum atomic E-state index is 13.3. The van der Waals surface area contributed by atoms with E-state index in [0.29, 0.717) is 21.4 Å². The Morgan fingerprint density at radius 3 is 2.42 bits per heavy atom. The maximum absolute atomic E-state index is 13.3. The highest BCUT2D eigenvalue weighted by Gasteiger charge is 2.22. The molecule has 2 aromatic carbocycles. The number of aromatic nitrogens is 2. The molecule has 3 rings (SSSR count). The molecule has 7 heteroatoms. The van der Waals surface area contributed by atoms with Gasteiger partial charge in [-0.3, -0.25) is 4.79 Å². The summed E-state index contributed by atoms with van der Waals surface area (Å²) in [5.41, 5.74) is 1.28. The van der Waals surface area contributed by atoms with E-state index in [9.17, 15) is 9.18 Å². The summed E-state index contributed by atoms with van der Waals surface area (Å²) in [5.74, 6) is 0.0223. The molecule has 4 nitrogen and oxygen atoms in total. The molecule has 1 atom stereocenters. The number of amides is 1. The van der Waals surface area contributed by atoms with Crippen LogP contribution in [0.5, 0.6) is 0 Å². The summed E-state index contributed by atoms with van der Waals surface area (Å²) in [4.78, 5) is 16.9. The molecule has 1 amide bonds. The standard InChI is InChI=1S/C19H16Cl2FN3O/c1-25-10-9-23-19(25)18(12-5-7-13(22)8-6-12)24-17(26)11-14-15(20)3-2-4-16(14)21/h2-10,18H,11H2,1H3,(H,24,26). The molecule has 1 N–H and O–H groups in total. The van der Waals surface area contributed by atoms with Gasteiger partial charge in [0.25, 0.3) is 0 Å². The van der Waals surface area contributed by atoms with E-state index >= 15 is 0 Å². The van der Waals surface area contributed by atoms with Gasteiger partial charge < -0.3 is 9.88 Å². The largest absolute Gasteiger partial charge is 0.342 e. The van der Waals surface area contributed by atoms with E-state index in [-0.39, 0.29) is 18.1 Å². The minimum absolute atomic E-state index is 0.0284. The van der Waals surface area contributed by atoms with Gasteiger partial charge in [0.2, 0.25) is 5.91 Å². The molecule has 0 aliphatic heterocycles. The Balaban J connectivity index is 1.87. The van der Waals surface area contributed by atoms with Crippen LogP contribution in [-0.4, -0.2) is 15.5 Å². The van der Waals surface area contributed by atoms with Crippen LogP contribution in [0, 0.1) is 5.82 Å². The van der Waals surface area contributed by atoms with Gasteiger partial charge in [-0.1, -0.05) is 41.4 Å². The van der Waals surface area contributed by atoms with Gasteiger partial charge in [0.15, 0.2) is 0 Å². The van der Waals surface area contributed by atoms with Gasteiger partial charge in [-0.05, 0) is 35.4 Å². The lowest BCUT2D eigenvalue weighted by Gasteiger charge is -2.19. The SMILES string of the molecule is Cn1ccnc1C(NC(=O)Cc1c(Cl)cccc1Cl)c1ccc(F)cc1. The van der Waals surface area contributed by atoms with Crippen molar-refractivity contribution in [3.05, 3.63) is 87.7 Å². The summed E-state index contributed by atoms with van der Waals surface area (Å²) >= 11 is 12.3.